The summed E-state index contributed by atoms with van der Waals surface area (Å²) in [5.41, 5.74) is 1.86. The molecule has 0 unspecified atom stereocenters. The summed E-state index contributed by atoms with van der Waals surface area (Å²) in [5.74, 6) is -0.289. The highest BCUT2D eigenvalue weighted by molar-refractivity contribution is 7.89. The number of carbonyl (C=O) groups excluding carboxylic acids is 1. The van der Waals surface area contributed by atoms with Crippen molar-refractivity contribution in [3.8, 4) is 10.6 Å². The van der Waals surface area contributed by atoms with Gasteiger partial charge in [0.2, 0.25) is 10.0 Å². The number of sulfonamides is 1. The van der Waals surface area contributed by atoms with Crippen molar-refractivity contribution >= 4 is 38.9 Å². The lowest BCUT2D eigenvalue weighted by atomic mass is 10.2. The maximum Gasteiger partial charge on any atom is 0.253 e. The van der Waals surface area contributed by atoms with Gasteiger partial charge in [-0.2, -0.15) is 0 Å². The van der Waals surface area contributed by atoms with E-state index in [0.29, 0.717) is 11.1 Å². The molecule has 1 aromatic carbocycles. The molecule has 0 fully saturated rings. The summed E-state index contributed by atoms with van der Waals surface area (Å²) >= 11 is 7.72. The lowest BCUT2D eigenvalue weighted by Crippen LogP contribution is -2.23. The third kappa shape index (κ3) is 4.54. The molecule has 27 heavy (non-hydrogen) atoms. The first-order chi connectivity index (χ1) is 12.9. The molecule has 0 saturated carbocycles. The first kappa shape index (κ1) is 19.5. The van der Waals surface area contributed by atoms with Gasteiger partial charge in [-0.1, -0.05) is 23.7 Å². The Hall–Kier alpha value is -2.26. The summed E-state index contributed by atoms with van der Waals surface area (Å²) < 4.78 is 25.8. The van der Waals surface area contributed by atoms with E-state index < -0.39 is 10.0 Å². The van der Waals surface area contributed by atoms with Crippen molar-refractivity contribution in [3.05, 3.63) is 70.2 Å². The fourth-order valence-electron chi connectivity index (χ4n) is 2.33. The molecule has 0 aliphatic rings. The molecule has 3 rings (SSSR count). The first-order valence-corrected chi connectivity index (χ1v) is 10.6. The third-order valence-corrected chi connectivity index (χ3v) is 6.50. The smallest absolute Gasteiger partial charge is 0.253 e. The van der Waals surface area contributed by atoms with Gasteiger partial charge in [0.15, 0.2) is 0 Å². The Morgan fingerprint density at radius 1 is 1.22 bits per heavy atom. The molecular weight excluding hydrogens is 406 g/mol. The Bertz CT molecular complexity index is 1050. The second-order valence-electron chi connectivity index (χ2n) is 5.55. The average molecular weight is 422 g/mol. The number of aromatic nitrogens is 1. The van der Waals surface area contributed by atoms with Crippen LogP contribution in [0, 0.1) is 0 Å². The number of halogens is 1. The van der Waals surface area contributed by atoms with E-state index in [4.69, 9.17) is 11.6 Å². The molecule has 0 atom stereocenters. The molecule has 0 bridgehead atoms. The van der Waals surface area contributed by atoms with Crippen LogP contribution in [0.15, 0.2) is 58.9 Å². The zero-order chi connectivity index (χ0) is 19.4. The number of nitrogens with zero attached hydrogens (tertiary/aromatic N) is 1. The lowest BCUT2D eigenvalue weighted by molar-refractivity contribution is 0.0950. The lowest BCUT2D eigenvalue weighted by Gasteiger charge is -2.09. The number of benzene rings is 1. The van der Waals surface area contributed by atoms with Crippen LogP contribution in [-0.4, -0.2) is 26.4 Å². The molecule has 0 radical (unpaired) electrons. The van der Waals surface area contributed by atoms with Gasteiger partial charge < -0.3 is 5.32 Å². The SMILES string of the molecule is CNS(=O)(=O)c1ccc(CNC(=O)c2ccc(-c3cccs3)nc2)c(Cl)c1. The van der Waals surface area contributed by atoms with E-state index in [2.05, 4.69) is 15.0 Å². The van der Waals surface area contributed by atoms with Gasteiger partial charge in [-0.05, 0) is 48.3 Å². The fraction of sp³-hybridized carbons (Fsp3) is 0.111. The summed E-state index contributed by atoms with van der Waals surface area (Å²) in [6.07, 6.45) is 1.52. The van der Waals surface area contributed by atoms with Crippen LogP contribution in [0.3, 0.4) is 0 Å². The van der Waals surface area contributed by atoms with Crippen molar-refractivity contribution in [2.75, 3.05) is 7.05 Å². The molecule has 2 heterocycles. The summed E-state index contributed by atoms with van der Waals surface area (Å²) in [6.45, 7) is 0.171. The van der Waals surface area contributed by atoms with Gasteiger partial charge in [-0.15, -0.1) is 11.3 Å². The quantitative estimate of drug-likeness (QED) is 0.639. The van der Waals surface area contributed by atoms with Gasteiger partial charge >= 0.3 is 0 Å². The van der Waals surface area contributed by atoms with Crippen molar-refractivity contribution in [3.63, 3.8) is 0 Å². The van der Waals surface area contributed by atoms with E-state index in [1.807, 2.05) is 17.5 Å². The number of carbonyl (C=O) groups is 1. The topological polar surface area (TPSA) is 88.2 Å². The van der Waals surface area contributed by atoms with Gasteiger partial charge in [0.25, 0.3) is 5.91 Å². The molecular formula is C18H16ClN3O3S2. The maximum atomic E-state index is 12.3. The van der Waals surface area contributed by atoms with Crippen molar-refractivity contribution < 1.29 is 13.2 Å². The van der Waals surface area contributed by atoms with Crippen LogP contribution in [0.5, 0.6) is 0 Å². The first-order valence-electron chi connectivity index (χ1n) is 7.91. The Morgan fingerprint density at radius 2 is 2.04 bits per heavy atom. The molecule has 0 aliphatic carbocycles. The minimum absolute atomic E-state index is 0.0680. The number of thiophene rings is 1. The highest BCUT2D eigenvalue weighted by Gasteiger charge is 2.14. The molecule has 0 aliphatic heterocycles. The largest absolute Gasteiger partial charge is 0.348 e. The molecule has 0 spiro atoms. The van der Waals surface area contributed by atoms with Crippen LogP contribution in [0.2, 0.25) is 5.02 Å². The van der Waals surface area contributed by atoms with E-state index in [1.165, 1.54) is 25.4 Å². The predicted molar refractivity (Wildman–Crippen MR) is 106 cm³/mol. The second-order valence-corrected chi connectivity index (χ2v) is 8.79. The Labute approximate surface area is 166 Å². The molecule has 2 N–H and O–H groups in total. The molecule has 6 nitrogen and oxygen atoms in total. The second kappa shape index (κ2) is 8.18. The maximum absolute atomic E-state index is 12.3. The molecule has 2 aromatic heterocycles. The number of rotatable bonds is 6. The van der Waals surface area contributed by atoms with Crippen LogP contribution >= 0.6 is 22.9 Å². The Morgan fingerprint density at radius 3 is 2.63 bits per heavy atom. The number of nitrogens with one attached hydrogen (secondary N) is 2. The predicted octanol–water partition coefficient (Wildman–Crippen LogP) is 3.30. The zero-order valence-electron chi connectivity index (χ0n) is 14.3. The normalized spacial score (nSPS) is 11.3. The number of hydrogen-bond acceptors (Lipinski definition) is 5. The van der Waals surface area contributed by atoms with Gasteiger partial charge in [-0.3, -0.25) is 9.78 Å². The van der Waals surface area contributed by atoms with Crippen LogP contribution in [-0.2, 0) is 16.6 Å². The molecule has 3 aromatic rings. The summed E-state index contributed by atoms with van der Waals surface area (Å²) in [5, 5.41) is 4.99. The average Bonchev–Trinajstić information content (AvgIpc) is 3.21. The van der Waals surface area contributed by atoms with E-state index in [1.54, 1.807) is 29.5 Å². The zero-order valence-corrected chi connectivity index (χ0v) is 16.7. The number of amides is 1. The summed E-state index contributed by atoms with van der Waals surface area (Å²) in [6, 6.07) is 11.8. The molecule has 9 heteroatoms. The van der Waals surface area contributed by atoms with E-state index in [0.717, 1.165) is 10.6 Å². The van der Waals surface area contributed by atoms with Crippen LogP contribution in [0.25, 0.3) is 10.6 Å². The van der Waals surface area contributed by atoms with E-state index in [-0.39, 0.29) is 22.4 Å². The van der Waals surface area contributed by atoms with Crippen molar-refractivity contribution in [2.24, 2.45) is 0 Å². The minimum Gasteiger partial charge on any atom is -0.348 e. The van der Waals surface area contributed by atoms with Gasteiger partial charge in [0, 0.05) is 17.8 Å². The van der Waals surface area contributed by atoms with Gasteiger partial charge in [0.1, 0.15) is 0 Å². The molecule has 1 amide bonds. The number of pyridine rings is 1. The standard InChI is InChI=1S/C18H16ClN3O3S2/c1-20-27(24,25)14-6-4-12(15(19)9-14)10-22-18(23)13-5-7-16(21-11-13)17-3-2-8-26-17/h2-9,11,20H,10H2,1H3,(H,22,23). The fourth-order valence-corrected chi connectivity index (χ4v) is 4.10. The molecule has 0 saturated heterocycles. The Balaban J connectivity index is 1.67. The van der Waals surface area contributed by atoms with Crippen LogP contribution in [0.1, 0.15) is 15.9 Å². The van der Waals surface area contributed by atoms with Crippen molar-refractivity contribution in [2.45, 2.75) is 11.4 Å². The van der Waals surface area contributed by atoms with Crippen LogP contribution in [0.4, 0.5) is 0 Å². The molecule has 140 valence electrons. The highest BCUT2D eigenvalue weighted by Crippen LogP contribution is 2.23. The highest BCUT2D eigenvalue weighted by atomic mass is 35.5. The van der Waals surface area contributed by atoms with Crippen molar-refractivity contribution in [1.82, 2.24) is 15.0 Å². The number of hydrogen-bond donors (Lipinski definition) is 2. The minimum atomic E-state index is -3.56. The van der Waals surface area contributed by atoms with Crippen LogP contribution < -0.4 is 10.0 Å². The monoisotopic (exact) mass is 421 g/mol. The van der Waals surface area contributed by atoms with Crippen molar-refractivity contribution in [1.29, 1.82) is 0 Å². The third-order valence-electron chi connectivity index (χ3n) is 3.84. The summed E-state index contributed by atoms with van der Waals surface area (Å²) in [4.78, 5) is 17.7. The van der Waals surface area contributed by atoms with E-state index in [9.17, 15) is 13.2 Å². The Kier molecular flexibility index (Phi) is 5.91. The van der Waals surface area contributed by atoms with E-state index >= 15 is 0 Å². The summed E-state index contributed by atoms with van der Waals surface area (Å²) in [7, 11) is -2.24. The van der Waals surface area contributed by atoms with Gasteiger partial charge in [-0.25, -0.2) is 13.1 Å². The van der Waals surface area contributed by atoms with Gasteiger partial charge in [0.05, 0.1) is 21.0 Å².